The minimum Gasteiger partial charge on any atom is -0.271 e. The molecule has 1 aliphatic rings. The summed E-state index contributed by atoms with van der Waals surface area (Å²) in [5, 5.41) is 6.75. The van der Waals surface area contributed by atoms with Gasteiger partial charge in [-0.15, -0.1) is 11.3 Å². The van der Waals surface area contributed by atoms with Crippen LogP contribution in [0.25, 0.3) is 0 Å². The van der Waals surface area contributed by atoms with Crippen LogP contribution in [0.15, 0.2) is 23.3 Å². The van der Waals surface area contributed by atoms with Gasteiger partial charge in [-0.25, -0.2) is 5.43 Å². The van der Waals surface area contributed by atoms with Gasteiger partial charge in [0.05, 0.1) is 11.1 Å². The zero-order valence-corrected chi connectivity index (χ0v) is 13.0. The van der Waals surface area contributed by atoms with E-state index in [1.165, 1.54) is 18.3 Å². The van der Waals surface area contributed by atoms with Crippen LogP contribution in [0.2, 0.25) is 0 Å². The van der Waals surface area contributed by atoms with Crippen molar-refractivity contribution in [3.05, 3.63) is 39.6 Å². The predicted molar refractivity (Wildman–Crippen MR) is 79.2 cm³/mol. The van der Waals surface area contributed by atoms with Crippen LogP contribution in [0.5, 0.6) is 0 Å². The topological polar surface area (TPSA) is 59.3 Å². The van der Waals surface area contributed by atoms with Crippen LogP contribution < -0.4 is 5.43 Å². The van der Waals surface area contributed by atoms with Gasteiger partial charge in [-0.05, 0) is 31.0 Å². The molecule has 1 amide bonds. The fraction of sp³-hybridized carbons (Fsp3) is 0.357. The Balaban J connectivity index is 1.65. The normalized spacial score (nSPS) is 15.2. The molecular formula is C14H12F4N4OS. The van der Waals surface area contributed by atoms with Crippen molar-refractivity contribution in [3.63, 3.8) is 0 Å². The van der Waals surface area contributed by atoms with Crippen LogP contribution in [-0.4, -0.2) is 21.9 Å². The van der Waals surface area contributed by atoms with Gasteiger partial charge >= 0.3 is 6.18 Å². The summed E-state index contributed by atoms with van der Waals surface area (Å²) >= 11 is 0.854. The lowest BCUT2D eigenvalue weighted by Gasteiger charge is -2.05. The summed E-state index contributed by atoms with van der Waals surface area (Å²) in [6.45, 7) is -0.363. The summed E-state index contributed by atoms with van der Waals surface area (Å²) in [5.41, 5.74) is 1.60. The number of nitrogens with one attached hydrogen (secondary N) is 1. The maximum absolute atomic E-state index is 12.8. The second-order valence-corrected chi connectivity index (χ2v) is 6.38. The SMILES string of the molecule is O=C(Cn1nc(C(F)(F)F)cc1C1CC1)NN=Cc1ccc(F)s1. The van der Waals surface area contributed by atoms with Gasteiger partial charge in [0, 0.05) is 11.6 Å². The number of nitrogens with zero attached hydrogens (tertiary/aromatic N) is 3. The lowest BCUT2D eigenvalue weighted by atomic mass is 10.2. The van der Waals surface area contributed by atoms with E-state index < -0.39 is 17.8 Å². The lowest BCUT2D eigenvalue weighted by molar-refractivity contribution is -0.141. The monoisotopic (exact) mass is 360 g/mol. The third-order valence-corrected chi connectivity index (χ3v) is 4.17. The predicted octanol–water partition coefficient (Wildman–Crippen LogP) is 3.13. The molecule has 0 saturated heterocycles. The van der Waals surface area contributed by atoms with Crippen molar-refractivity contribution in [1.82, 2.24) is 15.2 Å². The van der Waals surface area contributed by atoms with Crippen LogP contribution in [0.1, 0.15) is 35.0 Å². The fourth-order valence-corrected chi connectivity index (χ4v) is 2.74. The molecule has 1 aliphatic carbocycles. The number of amides is 1. The van der Waals surface area contributed by atoms with E-state index >= 15 is 0 Å². The molecule has 10 heteroatoms. The van der Waals surface area contributed by atoms with Crippen LogP contribution in [0.4, 0.5) is 17.6 Å². The highest BCUT2D eigenvalue weighted by Gasteiger charge is 2.38. The first kappa shape index (κ1) is 16.6. The molecule has 0 spiro atoms. The molecule has 128 valence electrons. The largest absolute Gasteiger partial charge is 0.435 e. The number of thiophene rings is 1. The Labute approximate surface area is 138 Å². The zero-order chi connectivity index (χ0) is 17.3. The summed E-state index contributed by atoms with van der Waals surface area (Å²) in [7, 11) is 0. The molecule has 1 N–H and O–H groups in total. The fourth-order valence-electron chi connectivity index (χ4n) is 2.14. The van der Waals surface area contributed by atoms with Crippen molar-refractivity contribution >= 4 is 23.5 Å². The van der Waals surface area contributed by atoms with Crippen molar-refractivity contribution in [2.24, 2.45) is 5.10 Å². The van der Waals surface area contributed by atoms with Crippen LogP contribution in [0.3, 0.4) is 0 Å². The molecular weight excluding hydrogens is 348 g/mol. The average Bonchev–Trinajstić information content (AvgIpc) is 3.11. The third-order valence-electron chi connectivity index (χ3n) is 3.37. The Morgan fingerprint density at radius 3 is 2.79 bits per heavy atom. The van der Waals surface area contributed by atoms with Crippen LogP contribution in [0, 0.1) is 5.13 Å². The number of hydrazone groups is 1. The lowest BCUT2D eigenvalue weighted by Crippen LogP contribution is -2.25. The average molecular weight is 360 g/mol. The Bertz CT molecular complexity index is 776. The van der Waals surface area contributed by atoms with Gasteiger partial charge < -0.3 is 0 Å². The summed E-state index contributed by atoms with van der Waals surface area (Å²) < 4.78 is 52.2. The number of carbonyl (C=O) groups excluding carboxylic acids is 1. The molecule has 0 atom stereocenters. The number of hydrogen-bond donors (Lipinski definition) is 1. The van der Waals surface area contributed by atoms with E-state index in [-0.39, 0.29) is 17.6 Å². The van der Waals surface area contributed by atoms with E-state index in [2.05, 4.69) is 15.6 Å². The minimum atomic E-state index is -4.55. The van der Waals surface area contributed by atoms with E-state index in [1.807, 2.05) is 0 Å². The van der Waals surface area contributed by atoms with Gasteiger partial charge in [0.15, 0.2) is 10.8 Å². The molecule has 1 fully saturated rings. The molecule has 5 nitrogen and oxygen atoms in total. The molecule has 1 saturated carbocycles. The van der Waals surface area contributed by atoms with Crippen LogP contribution >= 0.6 is 11.3 Å². The molecule has 24 heavy (non-hydrogen) atoms. The summed E-state index contributed by atoms with van der Waals surface area (Å²) in [4.78, 5) is 12.3. The second-order valence-electron chi connectivity index (χ2n) is 5.32. The van der Waals surface area contributed by atoms with Gasteiger partial charge in [-0.3, -0.25) is 9.48 Å². The van der Waals surface area contributed by atoms with E-state index in [0.717, 1.165) is 34.9 Å². The van der Waals surface area contributed by atoms with Crippen molar-refractivity contribution < 1.29 is 22.4 Å². The highest BCUT2D eigenvalue weighted by molar-refractivity contribution is 7.12. The van der Waals surface area contributed by atoms with Gasteiger partial charge in [0.2, 0.25) is 0 Å². The second kappa shape index (κ2) is 6.34. The number of rotatable bonds is 5. The van der Waals surface area contributed by atoms with Crippen molar-refractivity contribution in [1.29, 1.82) is 0 Å². The molecule has 0 bridgehead atoms. The Kier molecular flexibility index (Phi) is 4.39. The quantitative estimate of drug-likeness (QED) is 0.506. The summed E-state index contributed by atoms with van der Waals surface area (Å²) in [6.07, 6.45) is -1.72. The van der Waals surface area contributed by atoms with E-state index in [1.54, 1.807) is 0 Å². The standard InChI is InChI=1S/C14H12F4N4OS/c15-12-4-3-9(24-12)6-19-20-13(23)7-22-10(8-1-2-8)5-11(21-22)14(16,17)18/h3-6,8H,1-2,7H2,(H,20,23). The molecule has 2 heterocycles. The first-order valence-corrected chi connectivity index (χ1v) is 7.87. The molecule has 3 rings (SSSR count). The van der Waals surface area contributed by atoms with Crippen molar-refractivity contribution in [3.8, 4) is 0 Å². The molecule has 2 aromatic rings. The van der Waals surface area contributed by atoms with Gasteiger partial charge in [0.1, 0.15) is 6.54 Å². The van der Waals surface area contributed by atoms with Gasteiger partial charge in [0.25, 0.3) is 5.91 Å². The highest BCUT2D eigenvalue weighted by atomic mass is 32.1. The summed E-state index contributed by atoms with van der Waals surface area (Å²) in [6, 6.07) is 3.74. The van der Waals surface area contributed by atoms with Gasteiger partial charge in [-0.1, -0.05) is 0 Å². The summed E-state index contributed by atoms with van der Waals surface area (Å²) in [5.74, 6) is -0.596. The molecule has 2 aromatic heterocycles. The maximum atomic E-state index is 12.8. The number of alkyl halides is 3. The zero-order valence-electron chi connectivity index (χ0n) is 12.2. The molecule has 0 aromatic carbocycles. The highest BCUT2D eigenvalue weighted by Crippen LogP contribution is 2.42. The smallest absolute Gasteiger partial charge is 0.271 e. The van der Waals surface area contributed by atoms with E-state index in [0.29, 0.717) is 10.6 Å². The van der Waals surface area contributed by atoms with Crippen molar-refractivity contribution in [2.45, 2.75) is 31.5 Å². The first-order chi connectivity index (χ1) is 11.3. The number of carbonyl (C=O) groups is 1. The van der Waals surface area contributed by atoms with E-state index in [9.17, 15) is 22.4 Å². The molecule has 0 unspecified atom stereocenters. The number of aromatic nitrogens is 2. The minimum absolute atomic E-state index is 0.0130. The number of hydrogen-bond acceptors (Lipinski definition) is 4. The first-order valence-electron chi connectivity index (χ1n) is 7.05. The van der Waals surface area contributed by atoms with Crippen LogP contribution in [-0.2, 0) is 17.5 Å². The van der Waals surface area contributed by atoms with E-state index in [4.69, 9.17) is 0 Å². The van der Waals surface area contributed by atoms with Crippen molar-refractivity contribution in [2.75, 3.05) is 0 Å². The number of halogens is 4. The Hall–Kier alpha value is -2.23. The molecule has 0 aliphatic heterocycles. The Morgan fingerprint density at radius 2 is 2.21 bits per heavy atom. The third kappa shape index (κ3) is 3.99. The molecule has 0 radical (unpaired) electrons. The maximum Gasteiger partial charge on any atom is 0.435 e. The van der Waals surface area contributed by atoms with Gasteiger partial charge in [-0.2, -0.15) is 27.8 Å². The Morgan fingerprint density at radius 1 is 1.46 bits per heavy atom.